The van der Waals surface area contributed by atoms with Crippen molar-refractivity contribution in [2.45, 2.75) is 31.2 Å². The molecule has 0 spiro atoms. The largest absolute Gasteiger partial charge is 0.390 e. The van der Waals surface area contributed by atoms with Crippen molar-refractivity contribution < 1.29 is 10.2 Å². The van der Waals surface area contributed by atoms with Crippen LogP contribution in [-0.2, 0) is 13.7 Å². The third-order valence-corrected chi connectivity index (χ3v) is 3.25. The zero-order valence-electron chi connectivity index (χ0n) is 8.69. The van der Waals surface area contributed by atoms with Gasteiger partial charge in [0.05, 0.1) is 24.1 Å². The maximum absolute atomic E-state index is 9.53. The van der Waals surface area contributed by atoms with Crippen molar-refractivity contribution in [3.63, 3.8) is 0 Å². The fourth-order valence-electron chi connectivity index (χ4n) is 0.948. The van der Waals surface area contributed by atoms with Gasteiger partial charge in [0.25, 0.3) is 0 Å². The maximum atomic E-state index is 9.53. The van der Waals surface area contributed by atoms with Gasteiger partial charge in [-0.05, 0) is 13.8 Å². The smallest absolute Gasteiger partial charge is 0.168 e. The van der Waals surface area contributed by atoms with Gasteiger partial charge in [-0.2, -0.15) is 0 Å². The van der Waals surface area contributed by atoms with Gasteiger partial charge in [0.2, 0.25) is 0 Å². The highest BCUT2D eigenvalue weighted by atomic mass is 32.2. The Morgan fingerprint density at radius 1 is 1.57 bits per heavy atom. The van der Waals surface area contributed by atoms with Crippen LogP contribution in [0.25, 0.3) is 0 Å². The average molecular weight is 216 g/mol. The minimum Gasteiger partial charge on any atom is -0.390 e. The van der Waals surface area contributed by atoms with Crippen LogP contribution in [0.1, 0.15) is 19.5 Å². The molecule has 0 saturated carbocycles. The van der Waals surface area contributed by atoms with Crippen LogP contribution < -0.4 is 0 Å². The molecule has 0 radical (unpaired) electrons. The second-order valence-electron chi connectivity index (χ2n) is 3.85. The maximum Gasteiger partial charge on any atom is 0.168 e. The van der Waals surface area contributed by atoms with Crippen LogP contribution in [0.2, 0.25) is 0 Å². The Balaban J connectivity index is 2.64. The summed E-state index contributed by atoms with van der Waals surface area (Å²) in [6.07, 6.45) is 1.65. The Bertz CT molecular complexity index is 304. The molecule has 1 heterocycles. The van der Waals surface area contributed by atoms with Crippen LogP contribution in [0.5, 0.6) is 0 Å². The average Bonchev–Trinajstić information content (AvgIpc) is 2.42. The monoisotopic (exact) mass is 216 g/mol. The quantitative estimate of drug-likeness (QED) is 0.730. The summed E-state index contributed by atoms with van der Waals surface area (Å²) in [5, 5.41) is 19.3. The van der Waals surface area contributed by atoms with Gasteiger partial charge < -0.3 is 14.8 Å². The number of nitrogens with zero attached hydrogens (tertiary/aromatic N) is 2. The van der Waals surface area contributed by atoms with E-state index in [1.807, 2.05) is 11.6 Å². The summed E-state index contributed by atoms with van der Waals surface area (Å²) < 4.78 is 1.83. The van der Waals surface area contributed by atoms with E-state index in [2.05, 4.69) is 4.98 Å². The molecule has 0 aliphatic carbocycles. The molecule has 0 unspecified atom stereocenters. The Morgan fingerprint density at radius 2 is 2.21 bits per heavy atom. The molecule has 1 rings (SSSR count). The van der Waals surface area contributed by atoms with Gasteiger partial charge in [-0.25, -0.2) is 4.98 Å². The van der Waals surface area contributed by atoms with E-state index in [4.69, 9.17) is 5.11 Å². The molecule has 0 aliphatic heterocycles. The number of rotatable bonds is 4. The Labute approximate surface area is 88.0 Å². The van der Waals surface area contributed by atoms with Gasteiger partial charge in [0, 0.05) is 12.8 Å². The first kappa shape index (κ1) is 11.6. The van der Waals surface area contributed by atoms with E-state index >= 15 is 0 Å². The van der Waals surface area contributed by atoms with Crippen LogP contribution in [0.3, 0.4) is 0 Å². The van der Waals surface area contributed by atoms with Gasteiger partial charge >= 0.3 is 0 Å². The van der Waals surface area contributed by atoms with E-state index in [9.17, 15) is 5.11 Å². The zero-order chi connectivity index (χ0) is 10.8. The fourth-order valence-corrected chi connectivity index (χ4v) is 1.87. The van der Waals surface area contributed by atoms with Crippen LogP contribution in [0, 0.1) is 0 Å². The molecular formula is C9H16N2O2S. The summed E-state index contributed by atoms with van der Waals surface area (Å²) in [5.41, 5.74) is 0.0824. The van der Waals surface area contributed by atoms with Gasteiger partial charge in [-0.1, -0.05) is 11.8 Å². The van der Waals surface area contributed by atoms with Crippen LogP contribution >= 0.6 is 11.8 Å². The van der Waals surface area contributed by atoms with Crippen LogP contribution in [0.15, 0.2) is 11.4 Å². The molecule has 5 heteroatoms. The molecular weight excluding hydrogens is 200 g/mol. The first-order chi connectivity index (χ1) is 6.44. The van der Waals surface area contributed by atoms with Gasteiger partial charge in [0.1, 0.15) is 0 Å². The molecule has 1 aromatic rings. The molecule has 0 saturated heterocycles. The second-order valence-corrected chi connectivity index (χ2v) is 4.79. The van der Waals surface area contributed by atoms with E-state index in [0.717, 1.165) is 10.9 Å². The first-order valence-electron chi connectivity index (χ1n) is 4.40. The van der Waals surface area contributed by atoms with Crippen molar-refractivity contribution >= 4 is 11.8 Å². The number of aliphatic hydroxyl groups is 2. The molecule has 14 heavy (non-hydrogen) atoms. The van der Waals surface area contributed by atoms with E-state index in [-0.39, 0.29) is 6.61 Å². The topological polar surface area (TPSA) is 58.3 Å². The molecule has 0 amide bonds. The van der Waals surface area contributed by atoms with Crippen LogP contribution in [0.4, 0.5) is 0 Å². The van der Waals surface area contributed by atoms with E-state index in [1.165, 1.54) is 11.8 Å². The highest BCUT2D eigenvalue weighted by Crippen LogP contribution is 2.21. The van der Waals surface area contributed by atoms with Gasteiger partial charge in [-0.3, -0.25) is 0 Å². The lowest BCUT2D eigenvalue weighted by molar-refractivity contribution is 0.107. The highest BCUT2D eigenvalue weighted by molar-refractivity contribution is 7.99. The minimum absolute atomic E-state index is 0.00736. The van der Waals surface area contributed by atoms with E-state index in [0.29, 0.717) is 5.75 Å². The Kier molecular flexibility index (Phi) is 3.58. The summed E-state index contributed by atoms with van der Waals surface area (Å²) >= 11 is 1.48. The van der Waals surface area contributed by atoms with E-state index < -0.39 is 5.60 Å². The highest BCUT2D eigenvalue weighted by Gasteiger charge is 2.15. The molecule has 0 aromatic carbocycles. The minimum atomic E-state index is -0.698. The number of imidazole rings is 1. The summed E-state index contributed by atoms with van der Waals surface area (Å²) in [7, 11) is 1.85. The van der Waals surface area contributed by atoms with E-state index in [1.54, 1.807) is 20.0 Å². The molecule has 1 aromatic heterocycles. The summed E-state index contributed by atoms with van der Waals surface area (Å²) in [5.74, 6) is 0.586. The number of hydrogen-bond donors (Lipinski definition) is 2. The lowest BCUT2D eigenvalue weighted by Crippen LogP contribution is -2.22. The molecule has 80 valence electrons. The summed E-state index contributed by atoms with van der Waals surface area (Å²) in [4.78, 5) is 4.14. The molecule has 0 aliphatic rings. The zero-order valence-corrected chi connectivity index (χ0v) is 9.51. The number of hydrogen-bond acceptors (Lipinski definition) is 4. The van der Waals surface area contributed by atoms with Crippen molar-refractivity contribution in [3.05, 3.63) is 11.9 Å². The normalized spacial score (nSPS) is 12.1. The predicted molar refractivity (Wildman–Crippen MR) is 56.2 cm³/mol. The fraction of sp³-hybridized carbons (Fsp3) is 0.667. The molecule has 2 N–H and O–H groups in total. The van der Waals surface area contributed by atoms with Crippen LogP contribution in [-0.4, -0.2) is 31.1 Å². The Hall–Kier alpha value is -0.520. The molecule has 0 fully saturated rings. The summed E-state index contributed by atoms with van der Waals surface area (Å²) in [6, 6.07) is 0. The van der Waals surface area contributed by atoms with Crippen molar-refractivity contribution in [1.29, 1.82) is 0 Å². The summed E-state index contributed by atoms with van der Waals surface area (Å²) in [6.45, 7) is 3.51. The van der Waals surface area contributed by atoms with Crippen molar-refractivity contribution in [2.24, 2.45) is 7.05 Å². The van der Waals surface area contributed by atoms with Gasteiger partial charge in [0.15, 0.2) is 5.16 Å². The first-order valence-corrected chi connectivity index (χ1v) is 5.39. The Morgan fingerprint density at radius 3 is 2.64 bits per heavy atom. The lowest BCUT2D eigenvalue weighted by Gasteiger charge is -2.15. The number of thioether (sulfide) groups is 1. The van der Waals surface area contributed by atoms with Crippen molar-refractivity contribution in [1.82, 2.24) is 9.55 Å². The number of aliphatic hydroxyl groups excluding tert-OH is 1. The molecule has 0 atom stereocenters. The van der Waals surface area contributed by atoms with Crippen molar-refractivity contribution in [2.75, 3.05) is 5.75 Å². The predicted octanol–water partition coefficient (Wildman–Crippen LogP) is 0.775. The van der Waals surface area contributed by atoms with Gasteiger partial charge in [-0.15, -0.1) is 0 Å². The number of aromatic nitrogens is 2. The lowest BCUT2D eigenvalue weighted by atomic mass is 10.2. The standard InChI is InChI=1S/C9H16N2O2S/c1-9(2,13)6-14-8-10-4-7(5-12)11(8)3/h4,12-13H,5-6H2,1-3H3. The third-order valence-electron chi connectivity index (χ3n) is 1.76. The SMILES string of the molecule is Cn1c(CO)cnc1SCC(C)(C)O. The molecule has 4 nitrogen and oxygen atoms in total. The second kappa shape index (κ2) is 4.33. The third kappa shape index (κ3) is 3.01. The molecule has 0 bridgehead atoms. The van der Waals surface area contributed by atoms with Crippen molar-refractivity contribution in [3.8, 4) is 0 Å².